The lowest BCUT2D eigenvalue weighted by atomic mass is 9.73. The van der Waals surface area contributed by atoms with Gasteiger partial charge in [0.1, 0.15) is 5.54 Å². The van der Waals surface area contributed by atoms with Crippen LogP contribution in [-0.2, 0) is 16.1 Å². The van der Waals surface area contributed by atoms with E-state index in [1.54, 1.807) is 0 Å². The fourth-order valence-corrected chi connectivity index (χ4v) is 2.37. The van der Waals surface area contributed by atoms with Crippen molar-refractivity contribution in [1.29, 1.82) is 0 Å². The Hall–Kier alpha value is -1.39. The van der Waals surface area contributed by atoms with Crippen molar-refractivity contribution in [2.45, 2.75) is 38.0 Å². The minimum absolute atomic E-state index is 0.158. The third-order valence-corrected chi connectivity index (χ3v) is 3.50. The van der Waals surface area contributed by atoms with Crippen molar-refractivity contribution in [1.82, 2.24) is 5.32 Å². The molecule has 1 amide bonds. The largest absolute Gasteiger partial charge is 0.378 e. The second-order valence-corrected chi connectivity index (χ2v) is 4.77. The Bertz CT molecular complexity index is 400. The summed E-state index contributed by atoms with van der Waals surface area (Å²) in [6.07, 6.45) is 1.50. The SMILES string of the molecule is CCOC1CC(NCc2ccccc2)(C(N)=O)C1. The number of rotatable bonds is 6. The van der Waals surface area contributed by atoms with Gasteiger partial charge < -0.3 is 10.5 Å². The van der Waals surface area contributed by atoms with Crippen LogP contribution in [0.15, 0.2) is 30.3 Å². The lowest BCUT2D eigenvalue weighted by molar-refractivity contribution is -0.136. The van der Waals surface area contributed by atoms with E-state index in [4.69, 9.17) is 10.5 Å². The molecule has 0 atom stereocenters. The van der Waals surface area contributed by atoms with Gasteiger partial charge in [0.2, 0.25) is 5.91 Å². The minimum atomic E-state index is -0.588. The van der Waals surface area contributed by atoms with Crippen molar-refractivity contribution < 1.29 is 9.53 Å². The number of ether oxygens (including phenoxy) is 1. The molecule has 98 valence electrons. The van der Waals surface area contributed by atoms with Crippen molar-refractivity contribution in [3.8, 4) is 0 Å². The van der Waals surface area contributed by atoms with Crippen LogP contribution >= 0.6 is 0 Å². The highest BCUT2D eigenvalue weighted by molar-refractivity contribution is 5.86. The van der Waals surface area contributed by atoms with Crippen LogP contribution in [0.5, 0.6) is 0 Å². The Morgan fingerprint density at radius 3 is 2.67 bits per heavy atom. The molecule has 0 unspecified atom stereocenters. The fourth-order valence-electron chi connectivity index (χ4n) is 2.37. The zero-order valence-corrected chi connectivity index (χ0v) is 10.7. The third-order valence-electron chi connectivity index (χ3n) is 3.50. The second kappa shape index (κ2) is 5.50. The van der Waals surface area contributed by atoms with E-state index in [0.29, 0.717) is 26.0 Å². The molecule has 1 aromatic carbocycles. The van der Waals surface area contributed by atoms with Gasteiger partial charge in [0, 0.05) is 26.0 Å². The van der Waals surface area contributed by atoms with Gasteiger partial charge in [-0.1, -0.05) is 30.3 Å². The van der Waals surface area contributed by atoms with Crippen LogP contribution < -0.4 is 11.1 Å². The number of primary amides is 1. The summed E-state index contributed by atoms with van der Waals surface area (Å²) in [4.78, 5) is 11.6. The van der Waals surface area contributed by atoms with Crippen molar-refractivity contribution >= 4 is 5.91 Å². The summed E-state index contributed by atoms with van der Waals surface area (Å²) in [5.74, 6) is -0.283. The maximum atomic E-state index is 11.6. The van der Waals surface area contributed by atoms with E-state index in [1.807, 2.05) is 37.3 Å². The number of amides is 1. The van der Waals surface area contributed by atoms with E-state index < -0.39 is 5.54 Å². The van der Waals surface area contributed by atoms with Crippen LogP contribution in [-0.4, -0.2) is 24.2 Å². The smallest absolute Gasteiger partial charge is 0.237 e. The number of nitrogens with two attached hydrogens (primary N) is 1. The van der Waals surface area contributed by atoms with Gasteiger partial charge in [-0.15, -0.1) is 0 Å². The van der Waals surface area contributed by atoms with Gasteiger partial charge in [-0.25, -0.2) is 0 Å². The molecule has 3 N–H and O–H groups in total. The van der Waals surface area contributed by atoms with Crippen molar-refractivity contribution in [3.05, 3.63) is 35.9 Å². The molecule has 1 aliphatic rings. The average molecular weight is 248 g/mol. The first-order valence-corrected chi connectivity index (χ1v) is 6.37. The van der Waals surface area contributed by atoms with Gasteiger partial charge in [0.25, 0.3) is 0 Å². The molecule has 2 rings (SSSR count). The molecular weight excluding hydrogens is 228 g/mol. The molecule has 0 aromatic heterocycles. The first kappa shape index (κ1) is 13.1. The van der Waals surface area contributed by atoms with Gasteiger partial charge >= 0.3 is 0 Å². The molecule has 4 heteroatoms. The molecule has 0 radical (unpaired) electrons. The van der Waals surface area contributed by atoms with Crippen molar-refractivity contribution in [2.24, 2.45) is 5.73 Å². The number of hydrogen-bond acceptors (Lipinski definition) is 3. The topological polar surface area (TPSA) is 64.3 Å². The Kier molecular flexibility index (Phi) is 3.99. The molecule has 1 fully saturated rings. The van der Waals surface area contributed by atoms with Gasteiger partial charge in [-0.2, -0.15) is 0 Å². The van der Waals surface area contributed by atoms with Crippen LogP contribution in [0.1, 0.15) is 25.3 Å². The second-order valence-electron chi connectivity index (χ2n) is 4.77. The summed E-state index contributed by atoms with van der Waals surface area (Å²) in [7, 11) is 0. The van der Waals surface area contributed by atoms with Gasteiger partial charge in [0.05, 0.1) is 6.10 Å². The van der Waals surface area contributed by atoms with Crippen molar-refractivity contribution in [3.63, 3.8) is 0 Å². The molecule has 0 spiro atoms. The molecule has 4 nitrogen and oxygen atoms in total. The normalized spacial score (nSPS) is 26.6. The first-order chi connectivity index (χ1) is 8.66. The standard InChI is InChI=1S/C14H20N2O2/c1-2-18-12-8-14(9-12,13(15)17)16-10-11-6-4-3-5-7-11/h3-7,12,16H,2,8-10H2,1H3,(H2,15,17). The lowest BCUT2D eigenvalue weighted by Gasteiger charge is -2.45. The zero-order chi connectivity index (χ0) is 13.0. The van der Waals surface area contributed by atoms with Gasteiger partial charge in [0.15, 0.2) is 0 Å². The third kappa shape index (κ3) is 2.71. The van der Waals surface area contributed by atoms with Crippen LogP contribution in [0.3, 0.4) is 0 Å². The fraction of sp³-hybridized carbons (Fsp3) is 0.500. The number of hydrogen-bond donors (Lipinski definition) is 2. The van der Waals surface area contributed by atoms with Crippen LogP contribution in [0.25, 0.3) is 0 Å². The van der Waals surface area contributed by atoms with Crippen LogP contribution in [0.4, 0.5) is 0 Å². The molecule has 1 aromatic rings. The lowest BCUT2D eigenvalue weighted by Crippen LogP contribution is -2.65. The summed E-state index contributed by atoms with van der Waals surface area (Å²) in [5, 5.41) is 3.28. The van der Waals surface area contributed by atoms with Crippen LogP contribution in [0.2, 0.25) is 0 Å². The Labute approximate surface area is 108 Å². The highest BCUT2D eigenvalue weighted by atomic mass is 16.5. The molecule has 18 heavy (non-hydrogen) atoms. The van der Waals surface area contributed by atoms with Crippen LogP contribution in [0, 0.1) is 0 Å². The maximum Gasteiger partial charge on any atom is 0.237 e. The Balaban J connectivity index is 1.91. The predicted octanol–water partition coefficient (Wildman–Crippen LogP) is 1.20. The van der Waals surface area contributed by atoms with E-state index in [-0.39, 0.29) is 12.0 Å². The Morgan fingerprint density at radius 1 is 1.44 bits per heavy atom. The molecule has 0 aliphatic heterocycles. The number of nitrogens with one attached hydrogen (secondary N) is 1. The van der Waals surface area contributed by atoms with E-state index in [1.165, 1.54) is 0 Å². The highest BCUT2D eigenvalue weighted by Crippen LogP contribution is 2.34. The molecule has 0 saturated heterocycles. The highest BCUT2D eigenvalue weighted by Gasteiger charge is 2.49. The minimum Gasteiger partial charge on any atom is -0.378 e. The van der Waals surface area contributed by atoms with E-state index in [0.717, 1.165) is 5.56 Å². The molecule has 0 heterocycles. The number of benzene rings is 1. The molecular formula is C14H20N2O2. The van der Waals surface area contributed by atoms with E-state index in [9.17, 15) is 4.79 Å². The summed E-state index contributed by atoms with van der Waals surface area (Å²) in [6.45, 7) is 3.29. The summed E-state index contributed by atoms with van der Waals surface area (Å²) >= 11 is 0. The zero-order valence-electron chi connectivity index (χ0n) is 10.7. The average Bonchev–Trinajstić information content (AvgIpc) is 2.33. The summed E-state index contributed by atoms with van der Waals surface area (Å²) in [6, 6.07) is 10.00. The molecule has 0 bridgehead atoms. The quantitative estimate of drug-likeness (QED) is 0.795. The predicted molar refractivity (Wildman–Crippen MR) is 69.9 cm³/mol. The van der Waals surface area contributed by atoms with Gasteiger partial charge in [-0.3, -0.25) is 10.1 Å². The Morgan fingerprint density at radius 2 is 2.11 bits per heavy atom. The first-order valence-electron chi connectivity index (χ1n) is 6.37. The number of carbonyl (C=O) groups excluding carboxylic acids is 1. The van der Waals surface area contributed by atoms with E-state index >= 15 is 0 Å². The monoisotopic (exact) mass is 248 g/mol. The van der Waals surface area contributed by atoms with Gasteiger partial charge in [-0.05, 0) is 12.5 Å². The van der Waals surface area contributed by atoms with E-state index in [2.05, 4.69) is 5.32 Å². The molecule has 1 saturated carbocycles. The maximum absolute atomic E-state index is 11.6. The van der Waals surface area contributed by atoms with Crippen molar-refractivity contribution in [2.75, 3.05) is 6.61 Å². The summed E-state index contributed by atoms with van der Waals surface area (Å²) < 4.78 is 5.49. The molecule has 1 aliphatic carbocycles. The summed E-state index contributed by atoms with van der Waals surface area (Å²) in [5.41, 5.74) is 6.06. The number of carbonyl (C=O) groups is 1.